The molecule has 2 aliphatic heterocycles. The molecule has 1 fully saturated rings. The lowest BCUT2D eigenvalue weighted by atomic mass is 10.1. The Morgan fingerprint density at radius 1 is 1.08 bits per heavy atom. The second-order valence-corrected chi connectivity index (χ2v) is 6.22. The van der Waals surface area contributed by atoms with Gasteiger partial charge in [0.2, 0.25) is 0 Å². The number of esters is 1. The average molecular weight is 325 g/mol. The maximum Gasteiger partial charge on any atom is 0.343 e. The van der Waals surface area contributed by atoms with E-state index >= 15 is 0 Å². The summed E-state index contributed by atoms with van der Waals surface area (Å²) in [6.07, 6.45) is -0.160. The Kier molecular flexibility index (Phi) is 3.86. The fourth-order valence-electron chi connectivity index (χ4n) is 3.56. The summed E-state index contributed by atoms with van der Waals surface area (Å²) >= 11 is 0. The van der Waals surface area contributed by atoms with Crippen LogP contribution in [0.2, 0.25) is 0 Å². The minimum atomic E-state index is -0.194. The van der Waals surface area contributed by atoms with Gasteiger partial charge in [0.05, 0.1) is 44.4 Å². The van der Waals surface area contributed by atoms with Crippen LogP contribution in [-0.2, 0) is 4.74 Å². The summed E-state index contributed by atoms with van der Waals surface area (Å²) in [5, 5.41) is 0. The van der Waals surface area contributed by atoms with Crippen molar-refractivity contribution in [3.63, 3.8) is 0 Å². The van der Waals surface area contributed by atoms with Crippen LogP contribution < -0.4 is 14.5 Å². The lowest BCUT2D eigenvalue weighted by Gasteiger charge is -2.35. The summed E-state index contributed by atoms with van der Waals surface area (Å²) in [6, 6.07) is 15.9. The summed E-state index contributed by atoms with van der Waals surface area (Å²) < 4.78 is 10.8. The van der Waals surface area contributed by atoms with Crippen molar-refractivity contribution in [2.75, 3.05) is 38.2 Å². The molecule has 0 spiro atoms. The molecule has 2 aliphatic rings. The van der Waals surface area contributed by atoms with Crippen LogP contribution in [0.25, 0.3) is 0 Å². The van der Waals surface area contributed by atoms with Crippen molar-refractivity contribution in [2.24, 2.45) is 0 Å². The van der Waals surface area contributed by atoms with Crippen LogP contribution in [0.15, 0.2) is 48.5 Å². The van der Waals surface area contributed by atoms with E-state index in [1.54, 1.807) is 7.11 Å². The lowest BCUT2D eigenvalue weighted by Crippen LogP contribution is -3.15. The topological polar surface area (TPSA) is 43.2 Å². The van der Waals surface area contributed by atoms with Crippen molar-refractivity contribution in [2.45, 2.75) is 6.23 Å². The first kappa shape index (κ1) is 15.0. The third-order valence-electron chi connectivity index (χ3n) is 4.90. The maximum absolute atomic E-state index is 12.0. The molecule has 0 saturated carbocycles. The van der Waals surface area contributed by atoms with Gasteiger partial charge in [-0.3, -0.25) is 4.90 Å². The summed E-state index contributed by atoms with van der Waals surface area (Å²) in [6.45, 7) is 3.77. The number of quaternary nitrogens is 1. The van der Waals surface area contributed by atoms with Gasteiger partial charge in [-0.15, -0.1) is 0 Å². The number of piperazine rings is 1. The molecule has 24 heavy (non-hydrogen) atoms. The number of carbonyl (C=O) groups excluding carboxylic acids is 1. The van der Waals surface area contributed by atoms with E-state index in [0.717, 1.165) is 37.5 Å². The number of fused-ring (bicyclic) bond motifs is 1. The molecular formula is C19H21N2O3+. The number of nitrogens with zero attached hydrogens (tertiary/aromatic N) is 1. The third kappa shape index (κ3) is 2.61. The molecule has 0 amide bonds. The highest BCUT2D eigenvalue weighted by atomic mass is 16.6. The minimum absolute atomic E-state index is 0.160. The molecule has 2 aromatic carbocycles. The largest absolute Gasteiger partial charge is 0.497 e. The minimum Gasteiger partial charge on any atom is -0.497 e. The van der Waals surface area contributed by atoms with Gasteiger partial charge in [0.15, 0.2) is 0 Å². The number of benzene rings is 2. The summed E-state index contributed by atoms with van der Waals surface area (Å²) in [4.78, 5) is 15.7. The quantitative estimate of drug-likeness (QED) is 0.863. The molecule has 4 rings (SSSR count). The first-order chi connectivity index (χ1) is 11.8. The Balaban J connectivity index is 1.44. The molecular weight excluding hydrogens is 304 g/mol. The van der Waals surface area contributed by atoms with Gasteiger partial charge in [-0.05, 0) is 36.4 Å². The highest BCUT2D eigenvalue weighted by Crippen LogP contribution is 2.26. The van der Waals surface area contributed by atoms with Crippen molar-refractivity contribution in [1.29, 1.82) is 0 Å². The first-order valence-electron chi connectivity index (χ1n) is 8.30. The molecule has 2 heterocycles. The van der Waals surface area contributed by atoms with Crippen LogP contribution >= 0.6 is 0 Å². The van der Waals surface area contributed by atoms with E-state index in [1.807, 2.05) is 36.4 Å². The van der Waals surface area contributed by atoms with Gasteiger partial charge in [0.25, 0.3) is 6.23 Å². The number of nitrogens with one attached hydrogen (secondary N) is 1. The maximum atomic E-state index is 12.0. The molecule has 1 saturated heterocycles. The van der Waals surface area contributed by atoms with Crippen LogP contribution in [0.4, 0.5) is 5.69 Å². The average Bonchev–Trinajstić information content (AvgIpc) is 2.99. The number of methoxy groups -OCH3 is 1. The molecule has 5 heteroatoms. The Bertz CT molecular complexity index is 737. The van der Waals surface area contributed by atoms with E-state index in [9.17, 15) is 4.79 Å². The summed E-state index contributed by atoms with van der Waals surface area (Å²) in [7, 11) is 1.68. The van der Waals surface area contributed by atoms with Gasteiger partial charge in [0, 0.05) is 5.69 Å². The zero-order valence-corrected chi connectivity index (χ0v) is 13.7. The summed E-state index contributed by atoms with van der Waals surface area (Å²) in [5.74, 6) is 0.679. The van der Waals surface area contributed by atoms with E-state index in [1.165, 1.54) is 10.6 Å². The van der Waals surface area contributed by atoms with Gasteiger partial charge < -0.3 is 14.4 Å². The second-order valence-electron chi connectivity index (χ2n) is 6.22. The van der Waals surface area contributed by atoms with E-state index in [2.05, 4.69) is 17.0 Å². The molecule has 0 bridgehead atoms. The first-order valence-corrected chi connectivity index (χ1v) is 8.30. The molecule has 0 radical (unpaired) electrons. The van der Waals surface area contributed by atoms with Gasteiger partial charge >= 0.3 is 5.97 Å². The Morgan fingerprint density at radius 2 is 1.79 bits per heavy atom. The van der Waals surface area contributed by atoms with Crippen molar-refractivity contribution in [1.82, 2.24) is 0 Å². The fraction of sp³-hybridized carbons (Fsp3) is 0.316. The molecule has 0 aromatic heterocycles. The molecule has 1 N–H and O–H groups in total. The Hall–Kier alpha value is -2.53. The number of rotatable bonds is 3. The van der Waals surface area contributed by atoms with Gasteiger partial charge in [-0.2, -0.15) is 0 Å². The van der Waals surface area contributed by atoms with Crippen LogP contribution in [-0.4, -0.2) is 39.3 Å². The monoisotopic (exact) mass is 325 g/mol. The van der Waals surface area contributed by atoms with Crippen LogP contribution in [0.5, 0.6) is 5.75 Å². The Morgan fingerprint density at radius 3 is 2.50 bits per heavy atom. The van der Waals surface area contributed by atoms with Crippen molar-refractivity contribution >= 4 is 11.7 Å². The van der Waals surface area contributed by atoms with Crippen molar-refractivity contribution in [3.8, 4) is 5.75 Å². The summed E-state index contributed by atoms with van der Waals surface area (Å²) in [5.41, 5.74) is 2.95. The van der Waals surface area contributed by atoms with Crippen LogP contribution in [0.3, 0.4) is 0 Å². The predicted molar refractivity (Wildman–Crippen MR) is 90.5 cm³/mol. The number of carbonyl (C=O) groups is 1. The van der Waals surface area contributed by atoms with Gasteiger partial charge in [0.1, 0.15) is 5.75 Å². The van der Waals surface area contributed by atoms with Gasteiger partial charge in [-0.25, -0.2) is 4.79 Å². The van der Waals surface area contributed by atoms with Crippen molar-refractivity contribution in [3.05, 3.63) is 59.7 Å². The van der Waals surface area contributed by atoms with E-state index in [4.69, 9.17) is 9.47 Å². The molecule has 0 aliphatic carbocycles. The standard InChI is InChI=1S/C19H20N2O3/c1-23-15-8-6-14(7-9-15)20-10-12-21(13-11-20)18-16-4-2-3-5-17(16)19(22)24-18/h2-9,18H,10-13H2,1H3/p+1. The fourth-order valence-corrected chi connectivity index (χ4v) is 3.56. The predicted octanol–water partition coefficient (Wildman–Crippen LogP) is 1.27. The smallest absolute Gasteiger partial charge is 0.343 e. The number of hydrogen-bond acceptors (Lipinski definition) is 4. The van der Waals surface area contributed by atoms with Crippen LogP contribution in [0, 0.1) is 0 Å². The SMILES string of the molecule is COc1ccc(N2CC[NH+](C3OC(=O)c4ccccc43)CC2)cc1. The second kappa shape index (κ2) is 6.17. The zero-order valence-electron chi connectivity index (χ0n) is 13.7. The van der Waals surface area contributed by atoms with Gasteiger partial charge in [-0.1, -0.05) is 12.1 Å². The lowest BCUT2D eigenvalue weighted by molar-refractivity contribution is -0.952. The zero-order chi connectivity index (χ0) is 16.5. The highest BCUT2D eigenvalue weighted by Gasteiger charge is 2.39. The number of hydrogen-bond donors (Lipinski definition) is 1. The van der Waals surface area contributed by atoms with E-state index in [0.29, 0.717) is 5.56 Å². The Labute approximate surface area is 141 Å². The third-order valence-corrected chi connectivity index (χ3v) is 4.90. The number of ether oxygens (including phenoxy) is 2. The van der Waals surface area contributed by atoms with Crippen molar-refractivity contribution < 1.29 is 19.2 Å². The molecule has 5 nitrogen and oxygen atoms in total. The molecule has 1 unspecified atom stereocenters. The van der Waals surface area contributed by atoms with E-state index in [-0.39, 0.29) is 12.2 Å². The normalized spacial score (nSPS) is 20.6. The van der Waals surface area contributed by atoms with E-state index < -0.39 is 0 Å². The molecule has 124 valence electrons. The number of anilines is 1. The van der Waals surface area contributed by atoms with Crippen LogP contribution in [0.1, 0.15) is 22.1 Å². The molecule has 2 aromatic rings. The molecule has 1 atom stereocenters. The number of cyclic esters (lactones) is 1. The highest BCUT2D eigenvalue weighted by molar-refractivity contribution is 5.93.